The van der Waals surface area contributed by atoms with Gasteiger partial charge in [-0.25, -0.2) is 14.4 Å². The van der Waals surface area contributed by atoms with Crippen LogP contribution in [0.5, 0.6) is 0 Å². The molecule has 2 amide bonds. The average molecular weight is 449 g/mol. The molecule has 9 heteroatoms. The number of anilines is 2. The maximum atomic E-state index is 13.7. The Labute approximate surface area is 191 Å². The zero-order chi connectivity index (χ0) is 23.2. The largest absolute Gasteiger partial charge is 0.347 e. The van der Waals surface area contributed by atoms with Gasteiger partial charge in [0.1, 0.15) is 17.5 Å². The van der Waals surface area contributed by atoms with Crippen molar-refractivity contribution in [3.8, 4) is 11.3 Å². The first kappa shape index (κ1) is 22.3. The van der Waals surface area contributed by atoms with E-state index in [1.165, 1.54) is 19.1 Å². The Balaban J connectivity index is 1.62. The number of carbonyl (C=O) groups is 2. The number of hydrogen-bond donors (Lipinski definition) is 2. The fourth-order valence-electron chi connectivity index (χ4n) is 3.82. The number of aromatic nitrogens is 3. The highest BCUT2D eigenvalue weighted by Gasteiger charge is 2.27. The monoisotopic (exact) mass is 448 g/mol. The zero-order valence-electron chi connectivity index (χ0n) is 18.3. The van der Waals surface area contributed by atoms with Crippen molar-refractivity contribution in [3.05, 3.63) is 66.5 Å². The number of amides is 2. The molecule has 0 saturated carbocycles. The van der Waals surface area contributed by atoms with Crippen LogP contribution in [0.25, 0.3) is 11.3 Å². The van der Waals surface area contributed by atoms with Gasteiger partial charge in [0.2, 0.25) is 11.8 Å². The molecule has 8 nitrogen and oxygen atoms in total. The van der Waals surface area contributed by atoms with Gasteiger partial charge < -0.3 is 15.5 Å². The Morgan fingerprint density at radius 3 is 2.73 bits per heavy atom. The Hall–Kier alpha value is -3.88. The van der Waals surface area contributed by atoms with Crippen molar-refractivity contribution < 1.29 is 14.0 Å². The summed E-state index contributed by atoms with van der Waals surface area (Å²) in [5.41, 5.74) is 2.17. The number of pyridine rings is 1. The first-order valence-electron chi connectivity index (χ1n) is 10.8. The highest BCUT2D eigenvalue weighted by atomic mass is 19.1. The molecule has 3 heterocycles. The predicted octanol–water partition coefficient (Wildman–Crippen LogP) is 3.26. The Morgan fingerprint density at radius 2 is 1.97 bits per heavy atom. The molecule has 2 aromatic heterocycles. The molecule has 33 heavy (non-hydrogen) atoms. The molecule has 170 valence electrons. The van der Waals surface area contributed by atoms with E-state index in [9.17, 15) is 14.0 Å². The van der Waals surface area contributed by atoms with E-state index in [2.05, 4.69) is 15.6 Å². The maximum Gasteiger partial charge on any atom is 0.241 e. The molecule has 0 bridgehead atoms. The van der Waals surface area contributed by atoms with Crippen molar-refractivity contribution in [2.45, 2.75) is 25.7 Å². The molecule has 1 aromatic carbocycles. The summed E-state index contributed by atoms with van der Waals surface area (Å²) in [6, 6.07) is 11.7. The molecular weight excluding hydrogens is 423 g/mol. The third-order valence-electron chi connectivity index (χ3n) is 5.44. The molecule has 1 fully saturated rings. The molecule has 1 atom stereocenters. The third kappa shape index (κ3) is 5.88. The number of likely N-dealkylation sites (tertiary alicyclic amines) is 1. The summed E-state index contributed by atoms with van der Waals surface area (Å²) in [6.45, 7) is 2.47. The van der Waals surface area contributed by atoms with E-state index in [4.69, 9.17) is 9.97 Å². The van der Waals surface area contributed by atoms with Gasteiger partial charge in [0.15, 0.2) is 0 Å². The van der Waals surface area contributed by atoms with Crippen LogP contribution in [0.15, 0.2) is 54.9 Å². The minimum atomic E-state index is -0.343. The number of halogens is 1. The van der Waals surface area contributed by atoms with E-state index in [0.717, 1.165) is 18.4 Å². The lowest BCUT2D eigenvalue weighted by Crippen LogP contribution is -2.44. The summed E-state index contributed by atoms with van der Waals surface area (Å²) >= 11 is 0. The van der Waals surface area contributed by atoms with E-state index >= 15 is 0 Å². The molecule has 0 aliphatic carbocycles. The number of nitrogens with zero attached hydrogens (tertiary/aromatic N) is 4. The Kier molecular flexibility index (Phi) is 6.87. The third-order valence-corrected chi connectivity index (χ3v) is 5.44. The van der Waals surface area contributed by atoms with Crippen LogP contribution in [0, 0.1) is 5.82 Å². The Bertz CT molecular complexity index is 1140. The molecule has 4 rings (SSSR count). The van der Waals surface area contributed by atoms with Gasteiger partial charge in [-0.2, -0.15) is 0 Å². The molecule has 0 unspecified atom stereocenters. The molecule has 3 aromatic rings. The number of carbonyl (C=O) groups excluding carboxylic acids is 2. The summed E-state index contributed by atoms with van der Waals surface area (Å²) in [5.74, 6) is 0.384. The van der Waals surface area contributed by atoms with Crippen LogP contribution in [-0.2, 0) is 9.59 Å². The minimum Gasteiger partial charge on any atom is -0.347 e. The summed E-state index contributed by atoms with van der Waals surface area (Å²) in [5, 5.41) is 5.73. The second-order valence-electron chi connectivity index (χ2n) is 7.96. The van der Waals surface area contributed by atoms with Gasteiger partial charge in [-0.05, 0) is 43.2 Å². The molecule has 2 N–H and O–H groups in total. The van der Waals surface area contributed by atoms with Gasteiger partial charge >= 0.3 is 0 Å². The zero-order valence-corrected chi connectivity index (χ0v) is 18.3. The van der Waals surface area contributed by atoms with Crippen LogP contribution < -0.4 is 10.6 Å². The fraction of sp³-hybridized carbons (Fsp3) is 0.292. The van der Waals surface area contributed by atoms with Crippen LogP contribution in [0.2, 0.25) is 0 Å². The minimum absolute atomic E-state index is 0.0215. The van der Waals surface area contributed by atoms with E-state index < -0.39 is 0 Å². The van der Waals surface area contributed by atoms with Crippen LogP contribution in [-0.4, -0.2) is 51.3 Å². The lowest BCUT2D eigenvalue weighted by Gasteiger charge is -2.32. The van der Waals surface area contributed by atoms with Crippen molar-refractivity contribution in [3.63, 3.8) is 0 Å². The lowest BCUT2D eigenvalue weighted by molar-refractivity contribution is -0.133. The number of rotatable bonds is 6. The van der Waals surface area contributed by atoms with Crippen LogP contribution >= 0.6 is 0 Å². The molecule has 1 aliphatic rings. The second kappa shape index (κ2) is 10.2. The van der Waals surface area contributed by atoms with E-state index in [-0.39, 0.29) is 30.1 Å². The molecule has 1 saturated heterocycles. The molecule has 0 radical (unpaired) electrons. The Morgan fingerprint density at radius 1 is 1.15 bits per heavy atom. The summed E-state index contributed by atoms with van der Waals surface area (Å²) in [4.78, 5) is 39.0. The summed E-state index contributed by atoms with van der Waals surface area (Å²) in [7, 11) is 0. The van der Waals surface area contributed by atoms with E-state index in [0.29, 0.717) is 36.1 Å². The highest BCUT2D eigenvalue weighted by molar-refractivity contribution is 5.83. The van der Waals surface area contributed by atoms with Gasteiger partial charge in [-0.3, -0.25) is 14.6 Å². The first-order valence-corrected chi connectivity index (χ1v) is 10.8. The van der Waals surface area contributed by atoms with Gasteiger partial charge in [-0.1, -0.05) is 6.07 Å². The number of piperidine rings is 1. The van der Waals surface area contributed by atoms with Gasteiger partial charge in [0, 0.05) is 55.6 Å². The van der Waals surface area contributed by atoms with Crippen molar-refractivity contribution in [1.29, 1.82) is 0 Å². The maximum absolute atomic E-state index is 13.7. The average Bonchev–Trinajstić information content (AvgIpc) is 2.83. The van der Waals surface area contributed by atoms with Crippen LogP contribution in [0.3, 0.4) is 0 Å². The summed E-state index contributed by atoms with van der Waals surface area (Å²) in [6.07, 6.45) is 5.04. The normalized spacial score (nSPS) is 15.7. The van der Waals surface area contributed by atoms with Crippen LogP contribution in [0.1, 0.15) is 31.5 Å². The van der Waals surface area contributed by atoms with Crippen molar-refractivity contribution in [1.82, 2.24) is 25.2 Å². The quantitative estimate of drug-likeness (QED) is 0.600. The van der Waals surface area contributed by atoms with E-state index in [1.54, 1.807) is 29.4 Å². The topological polar surface area (TPSA) is 100 Å². The predicted molar refractivity (Wildman–Crippen MR) is 122 cm³/mol. The smallest absolute Gasteiger partial charge is 0.241 e. The highest BCUT2D eigenvalue weighted by Crippen LogP contribution is 2.29. The molecular formula is C24H25FN6O2. The number of benzene rings is 1. The number of nitrogens with one attached hydrogen (secondary N) is 2. The first-order chi connectivity index (χ1) is 16.0. The lowest BCUT2D eigenvalue weighted by atomic mass is 9.96. The van der Waals surface area contributed by atoms with Gasteiger partial charge in [0.25, 0.3) is 0 Å². The van der Waals surface area contributed by atoms with Gasteiger partial charge in [-0.15, -0.1) is 0 Å². The second-order valence-corrected chi connectivity index (χ2v) is 7.96. The van der Waals surface area contributed by atoms with E-state index in [1.807, 2.05) is 18.2 Å². The van der Waals surface area contributed by atoms with Gasteiger partial charge in [0.05, 0.1) is 12.2 Å². The van der Waals surface area contributed by atoms with Crippen molar-refractivity contribution in [2.24, 2.45) is 0 Å². The SMILES string of the molecule is CC(=O)NCC(=O)N1CCC[C@H](c2nc(Nc3cccc(F)c3)cc(-c3ccncc3)n2)C1. The van der Waals surface area contributed by atoms with Crippen LogP contribution in [0.4, 0.5) is 15.9 Å². The fourth-order valence-corrected chi connectivity index (χ4v) is 3.82. The molecule has 0 spiro atoms. The standard InChI is InChI=1S/C24H25FN6O2/c1-16(32)27-14-23(33)31-11-3-4-18(15-31)24-29-21(17-7-9-26-10-8-17)13-22(30-24)28-20-6-2-5-19(25)12-20/h2,5-10,12-13,18H,3-4,11,14-15H2,1H3,(H,27,32)(H,28,29,30)/t18-/m0/s1. The number of hydrogen-bond acceptors (Lipinski definition) is 6. The van der Waals surface area contributed by atoms with Crippen molar-refractivity contribution in [2.75, 3.05) is 25.0 Å². The molecule has 1 aliphatic heterocycles. The summed E-state index contributed by atoms with van der Waals surface area (Å²) < 4.78 is 13.7. The van der Waals surface area contributed by atoms with Crippen molar-refractivity contribution >= 4 is 23.3 Å².